The summed E-state index contributed by atoms with van der Waals surface area (Å²) in [5.74, 6) is -0.217. The highest BCUT2D eigenvalue weighted by atomic mass is 35.5. The number of carbonyl (C=O) groups is 1. The number of nitrogens with one attached hydrogen (secondary N) is 1. The summed E-state index contributed by atoms with van der Waals surface area (Å²) in [7, 11) is 0. The predicted molar refractivity (Wildman–Crippen MR) is 104 cm³/mol. The van der Waals surface area contributed by atoms with E-state index in [9.17, 15) is 4.79 Å². The summed E-state index contributed by atoms with van der Waals surface area (Å²) in [5.41, 5.74) is 2.52. The summed E-state index contributed by atoms with van der Waals surface area (Å²) in [5, 5.41) is 4.09. The smallest absolute Gasteiger partial charge is 0.248 e. The van der Waals surface area contributed by atoms with Gasteiger partial charge in [0.2, 0.25) is 5.91 Å². The van der Waals surface area contributed by atoms with Crippen LogP contribution < -0.4 is 10.2 Å². The average molecular weight is 377 g/mol. The monoisotopic (exact) mass is 376 g/mol. The molecule has 0 atom stereocenters. The van der Waals surface area contributed by atoms with Crippen molar-refractivity contribution < 1.29 is 9.53 Å². The summed E-state index contributed by atoms with van der Waals surface area (Å²) in [6, 6.07) is 12.8. The SMILES string of the molecule is O=C(C=Cc1ccc(Cl)cc1)Nc1ccc(N2CCOCC2)c(Cl)c1. The Balaban J connectivity index is 1.63. The highest BCUT2D eigenvalue weighted by molar-refractivity contribution is 6.33. The fourth-order valence-corrected chi connectivity index (χ4v) is 3.00. The van der Waals surface area contributed by atoms with Gasteiger partial charge in [-0.1, -0.05) is 35.3 Å². The Morgan fingerprint density at radius 1 is 1.08 bits per heavy atom. The summed E-state index contributed by atoms with van der Waals surface area (Å²) in [6.07, 6.45) is 3.21. The zero-order valence-electron chi connectivity index (χ0n) is 13.5. The molecule has 1 saturated heterocycles. The van der Waals surface area contributed by atoms with Crippen molar-refractivity contribution in [2.45, 2.75) is 0 Å². The van der Waals surface area contributed by atoms with Crippen LogP contribution in [0.3, 0.4) is 0 Å². The molecule has 0 saturated carbocycles. The third-order valence-corrected chi connectivity index (χ3v) is 4.42. The molecule has 0 radical (unpaired) electrons. The van der Waals surface area contributed by atoms with E-state index in [1.807, 2.05) is 24.3 Å². The quantitative estimate of drug-likeness (QED) is 0.799. The van der Waals surface area contributed by atoms with E-state index in [2.05, 4.69) is 10.2 Å². The van der Waals surface area contributed by atoms with E-state index in [0.29, 0.717) is 28.9 Å². The van der Waals surface area contributed by atoms with Gasteiger partial charge in [0.15, 0.2) is 0 Å². The maximum absolute atomic E-state index is 12.1. The fourth-order valence-electron chi connectivity index (χ4n) is 2.58. The van der Waals surface area contributed by atoms with Crippen molar-refractivity contribution in [3.05, 3.63) is 64.1 Å². The van der Waals surface area contributed by atoms with Gasteiger partial charge in [-0.2, -0.15) is 0 Å². The number of hydrogen-bond acceptors (Lipinski definition) is 3. The zero-order chi connectivity index (χ0) is 17.6. The molecule has 130 valence electrons. The molecule has 0 unspecified atom stereocenters. The first kappa shape index (κ1) is 17.8. The summed E-state index contributed by atoms with van der Waals surface area (Å²) < 4.78 is 5.35. The number of nitrogens with zero attached hydrogens (tertiary/aromatic N) is 1. The van der Waals surface area contributed by atoms with Gasteiger partial charge in [0.1, 0.15) is 0 Å². The molecule has 1 aliphatic rings. The van der Waals surface area contributed by atoms with Crippen LogP contribution in [0.4, 0.5) is 11.4 Å². The van der Waals surface area contributed by atoms with Crippen molar-refractivity contribution in [3.63, 3.8) is 0 Å². The third kappa shape index (κ3) is 4.98. The van der Waals surface area contributed by atoms with E-state index in [1.165, 1.54) is 6.08 Å². The predicted octanol–water partition coefficient (Wildman–Crippen LogP) is 4.48. The van der Waals surface area contributed by atoms with E-state index in [1.54, 1.807) is 24.3 Å². The average Bonchev–Trinajstić information content (AvgIpc) is 2.62. The van der Waals surface area contributed by atoms with Crippen LogP contribution in [0.1, 0.15) is 5.56 Å². The first-order valence-electron chi connectivity index (χ1n) is 7.99. The van der Waals surface area contributed by atoms with Gasteiger partial charge in [0.05, 0.1) is 23.9 Å². The van der Waals surface area contributed by atoms with Gasteiger partial charge >= 0.3 is 0 Å². The minimum Gasteiger partial charge on any atom is -0.378 e. The molecule has 0 spiro atoms. The zero-order valence-corrected chi connectivity index (χ0v) is 15.1. The number of benzene rings is 2. The molecule has 25 heavy (non-hydrogen) atoms. The molecule has 0 aliphatic carbocycles. The Hall–Kier alpha value is -2.01. The van der Waals surface area contributed by atoms with Gasteiger partial charge in [0, 0.05) is 29.9 Å². The van der Waals surface area contributed by atoms with Crippen LogP contribution in [-0.4, -0.2) is 32.2 Å². The number of morpholine rings is 1. The molecular weight excluding hydrogens is 359 g/mol. The molecule has 3 rings (SSSR count). The lowest BCUT2D eigenvalue weighted by atomic mass is 10.2. The van der Waals surface area contributed by atoms with Gasteiger partial charge in [0.25, 0.3) is 0 Å². The van der Waals surface area contributed by atoms with Crippen LogP contribution in [-0.2, 0) is 9.53 Å². The fraction of sp³-hybridized carbons (Fsp3) is 0.211. The van der Waals surface area contributed by atoms with Gasteiger partial charge in [-0.15, -0.1) is 0 Å². The lowest BCUT2D eigenvalue weighted by Crippen LogP contribution is -2.36. The highest BCUT2D eigenvalue weighted by Crippen LogP contribution is 2.29. The topological polar surface area (TPSA) is 41.6 Å². The minimum absolute atomic E-state index is 0.217. The molecule has 0 bridgehead atoms. The number of halogens is 2. The number of anilines is 2. The van der Waals surface area contributed by atoms with E-state index < -0.39 is 0 Å². The third-order valence-electron chi connectivity index (χ3n) is 3.86. The van der Waals surface area contributed by atoms with Crippen LogP contribution in [0.25, 0.3) is 6.08 Å². The minimum atomic E-state index is -0.217. The van der Waals surface area contributed by atoms with Gasteiger partial charge in [-0.3, -0.25) is 4.79 Å². The van der Waals surface area contributed by atoms with Crippen LogP contribution >= 0.6 is 23.2 Å². The Morgan fingerprint density at radius 3 is 2.48 bits per heavy atom. The standard InChI is InChI=1S/C19H18Cl2N2O2/c20-15-4-1-14(2-5-15)3-8-19(24)22-16-6-7-18(17(21)13-16)23-9-11-25-12-10-23/h1-8,13H,9-12H2,(H,22,24). The molecule has 2 aromatic rings. The summed E-state index contributed by atoms with van der Waals surface area (Å²) >= 11 is 12.2. The van der Waals surface area contributed by atoms with Crippen LogP contribution in [0, 0.1) is 0 Å². The molecule has 1 heterocycles. The second kappa shape index (κ2) is 8.39. The number of hydrogen-bond donors (Lipinski definition) is 1. The Kier molecular flexibility index (Phi) is 5.97. The first-order valence-corrected chi connectivity index (χ1v) is 8.74. The van der Waals surface area contributed by atoms with Crippen molar-refractivity contribution >= 4 is 46.6 Å². The van der Waals surface area contributed by atoms with Gasteiger partial charge < -0.3 is 15.0 Å². The Bertz CT molecular complexity index is 769. The number of amides is 1. The van der Waals surface area contributed by atoms with E-state index in [-0.39, 0.29) is 5.91 Å². The lowest BCUT2D eigenvalue weighted by Gasteiger charge is -2.29. The normalized spacial score (nSPS) is 14.7. The van der Waals surface area contributed by atoms with Crippen molar-refractivity contribution in [1.82, 2.24) is 0 Å². The van der Waals surface area contributed by atoms with Crippen molar-refractivity contribution in [1.29, 1.82) is 0 Å². The highest BCUT2D eigenvalue weighted by Gasteiger charge is 2.14. The van der Waals surface area contributed by atoms with Crippen LogP contribution in [0.15, 0.2) is 48.5 Å². The number of ether oxygens (including phenoxy) is 1. The molecule has 1 N–H and O–H groups in total. The lowest BCUT2D eigenvalue weighted by molar-refractivity contribution is -0.111. The second-order valence-corrected chi connectivity index (χ2v) is 6.48. The number of carbonyl (C=O) groups excluding carboxylic acids is 1. The van der Waals surface area contributed by atoms with Crippen molar-refractivity contribution in [2.75, 3.05) is 36.5 Å². The molecule has 0 aromatic heterocycles. The molecule has 2 aromatic carbocycles. The largest absolute Gasteiger partial charge is 0.378 e. The van der Waals surface area contributed by atoms with Crippen molar-refractivity contribution in [2.24, 2.45) is 0 Å². The summed E-state index contributed by atoms with van der Waals surface area (Å²) in [6.45, 7) is 3.03. The van der Waals surface area contributed by atoms with Gasteiger partial charge in [-0.25, -0.2) is 0 Å². The second-order valence-electron chi connectivity index (χ2n) is 5.64. The van der Waals surface area contributed by atoms with Gasteiger partial charge in [-0.05, 0) is 42.0 Å². The van der Waals surface area contributed by atoms with Crippen molar-refractivity contribution in [3.8, 4) is 0 Å². The molecule has 4 nitrogen and oxygen atoms in total. The van der Waals surface area contributed by atoms with Crippen LogP contribution in [0.2, 0.25) is 10.0 Å². The molecule has 6 heteroatoms. The molecule has 1 aliphatic heterocycles. The first-order chi connectivity index (χ1) is 12.1. The maximum Gasteiger partial charge on any atom is 0.248 e. The molecule has 1 amide bonds. The maximum atomic E-state index is 12.1. The Labute approximate surface area is 157 Å². The number of rotatable bonds is 4. The van der Waals surface area contributed by atoms with E-state index in [0.717, 1.165) is 24.3 Å². The Morgan fingerprint density at radius 2 is 1.80 bits per heavy atom. The molecule has 1 fully saturated rings. The summed E-state index contributed by atoms with van der Waals surface area (Å²) in [4.78, 5) is 14.2. The van der Waals surface area contributed by atoms with E-state index >= 15 is 0 Å². The molecular formula is C19H18Cl2N2O2. The van der Waals surface area contributed by atoms with Crippen LogP contribution in [0.5, 0.6) is 0 Å². The van der Waals surface area contributed by atoms with E-state index in [4.69, 9.17) is 27.9 Å².